The second-order valence-corrected chi connectivity index (χ2v) is 8.94. The molecule has 0 saturated heterocycles. The van der Waals surface area contributed by atoms with Crippen LogP contribution in [-0.2, 0) is 16.6 Å². The third-order valence-electron chi connectivity index (χ3n) is 5.04. The molecule has 4 rings (SSSR count). The molecule has 1 N–H and O–H groups in total. The molecule has 0 fully saturated rings. The van der Waals surface area contributed by atoms with Gasteiger partial charge in [-0.15, -0.1) is 0 Å². The standard InChI is InChI=1S/C23H17ClF3NOS/c1-30(29)12-14-3-2-4-17-18(11-28-23(14)17)21(13-5-7-16(25)8-6-13)22-19(26)9-15(24)10-20(22)27/h2-11,21,28H,12H2,1H3. The molecule has 0 bridgehead atoms. The van der Waals surface area contributed by atoms with E-state index in [0.717, 1.165) is 28.6 Å². The van der Waals surface area contributed by atoms with E-state index in [-0.39, 0.29) is 10.6 Å². The van der Waals surface area contributed by atoms with Gasteiger partial charge < -0.3 is 4.98 Å². The van der Waals surface area contributed by atoms with Gasteiger partial charge in [-0.2, -0.15) is 0 Å². The van der Waals surface area contributed by atoms with Crippen LogP contribution in [-0.4, -0.2) is 15.4 Å². The van der Waals surface area contributed by atoms with Crippen molar-refractivity contribution in [2.24, 2.45) is 0 Å². The van der Waals surface area contributed by atoms with Crippen molar-refractivity contribution in [1.29, 1.82) is 0 Å². The Balaban J connectivity index is 1.98. The van der Waals surface area contributed by atoms with E-state index in [4.69, 9.17) is 11.6 Å². The van der Waals surface area contributed by atoms with Crippen molar-refractivity contribution in [3.8, 4) is 0 Å². The number of para-hydroxylation sites is 1. The summed E-state index contributed by atoms with van der Waals surface area (Å²) >= 11 is 5.82. The van der Waals surface area contributed by atoms with Crippen molar-refractivity contribution in [3.63, 3.8) is 0 Å². The number of hydrogen-bond acceptors (Lipinski definition) is 1. The molecule has 2 atom stereocenters. The van der Waals surface area contributed by atoms with Crippen molar-refractivity contribution in [2.45, 2.75) is 11.7 Å². The molecule has 0 radical (unpaired) electrons. The van der Waals surface area contributed by atoms with E-state index in [2.05, 4.69) is 4.98 Å². The van der Waals surface area contributed by atoms with Crippen LogP contribution in [0.1, 0.15) is 28.2 Å². The number of aromatic nitrogens is 1. The Bertz CT molecular complexity index is 1230. The molecule has 0 aliphatic rings. The number of nitrogens with one attached hydrogen (secondary N) is 1. The lowest BCUT2D eigenvalue weighted by molar-refractivity contribution is 0.552. The highest BCUT2D eigenvalue weighted by molar-refractivity contribution is 7.83. The first-order chi connectivity index (χ1) is 14.3. The van der Waals surface area contributed by atoms with E-state index in [9.17, 15) is 17.4 Å². The Morgan fingerprint density at radius 2 is 1.70 bits per heavy atom. The molecule has 0 aliphatic carbocycles. The van der Waals surface area contributed by atoms with Gasteiger partial charge in [0.15, 0.2) is 0 Å². The Morgan fingerprint density at radius 3 is 2.33 bits per heavy atom. The van der Waals surface area contributed by atoms with Crippen LogP contribution in [0.4, 0.5) is 13.2 Å². The summed E-state index contributed by atoms with van der Waals surface area (Å²) < 4.78 is 55.1. The zero-order chi connectivity index (χ0) is 21.4. The number of H-pyrrole nitrogens is 1. The van der Waals surface area contributed by atoms with Crippen LogP contribution in [0.15, 0.2) is 60.8 Å². The molecular weight excluding hydrogens is 431 g/mol. The minimum Gasteiger partial charge on any atom is -0.361 e. The first kappa shape index (κ1) is 20.7. The SMILES string of the molecule is CS(=O)Cc1cccc2c(C(c3ccc(F)cc3)c3c(F)cc(Cl)cc3F)c[nH]c12. The smallest absolute Gasteiger partial charge is 0.131 e. The predicted octanol–water partition coefficient (Wildman–Crippen LogP) is 6.30. The van der Waals surface area contributed by atoms with E-state index >= 15 is 0 Å². The van der Waals surface area contributed by atoms with Gasteiger partial charge >= 0.3 is 0 Å². The number of aromatic amines is 1. The summed E-state index contributed by atoms with van der Waals surface area (Å²) in [7, 11) is -1.05. The van der Waals surface area contributed by atoms with E-state index < -0.39 is 34.2 Å². The molecule has 7 heteroatoms. The maximum Gasteiger partial charge on any atom is 0.131 e. The van der Waals surface area contributed by atoms with E-state index in [1.54, 1.807) is 12.5 Å². The van der Waals surface area contributed by atoms with Gasteiger partial charge in [-0.3, -0.25) is 4.21 Å². The predicted molar refractivity (Wildman–Crippen MR) is 115 cm³/mol. The number of halogens is 4. The van der Waals surface area contributed by atoms with Gasteiger partial charge in [0.05, 0.1) is 5.75 Å². The van der Waals surface area contributed by atoms with Crippen molar-refractivity contribution in [3.05, 3.63) is 106 Å². The van der Waals surface area contributed by atoms with Crippen LogP contribution in [0.3, 0.4) is 0 Å². The van der Waals surface area contributed by atoms with E-state index in [1.165, 1.54) is 24.3 Å². The average Bonchev–Trinajstić information content (AvgIpc) is 3.10. The summed E-state index contributed by atoms with van der Waals surface area (Å²) in [5.41, 5.74) is 2.58. The molecule has 2 nitrogen and oxygen atoms in total. The zero-order valence-electron chi connectivity index (χ0n) is 15.9. The van der Waals surface area contributed by atoms with Gasteiger partial charge in [0.2, 0.25) is 0 Å². The van der Waals surface area contributed by atoms with Crippen LogP contribution < -0.4 is 0 Å². The quantitative estimate of drug-likeness (QED) is 0.382. The maximum atomic E-state index is 14.9. The van der Waals surface area contributed by atoms with Crippen LogP contribution >= 0.6 is 11.6 Å². The minimum atomic E-state index is -1.05. The summed E-state index contributed by atoms with van der Waals surface area (Å²) in [5.74, 6) is -2.49. The van der Waals surface area contributed by atoms with Gasteiger partial charge in [0.1, 0.15) is 17.5 Å². The highest BCUT2D eigenvalue weighted by Crippen LogP contribution is 2.40. The third-order valence-corrected chi connectivity index (χ3v) is 5.98. The minimum absolute atomic E-state index is 0.0433. The number of rotatable bonds is 5. The Kier molecular flexibility index (Phi) is 5.71. The Hall–Kier alpha value is -2.57. The molecule has 1 heterocycles. The molecule has 4 aromatic rings. The van der Waals surface area contributed by atoms with E-state index in [1.807, 2.05) is 18.2 Å². The molecule has 0 saturated carbocycles. The summed E-state index contributed by atoms with van der Waals surface area (Å²) in [6.45, 7) is 0. The second-order valence-electron chi connectivity index (χ2n) is 7.07. The monoisotopic (exact) mass is 447 g/mol. The molecule has 0 aliphatic heterocycles. The van der Waals surface area contributed by atoms with E-state index in [0.29, 0.717) is 16.9 Å². The Labute approximate surface area is 179 Å². The first-order valence-corrected chi connectivity index (χ1v) is 11.2. The average molecular weight is 448 g/mol. The topological polar surface area (TPSA) is 32.9 Å². The molecule has 2 unspecified atom stereocenters. The van der Waals surface area contributed by atoms with Crippen LogP contribution in [0.2, 0.25) is 5.02 Å². The van der Waals surface area contributed by atoms with Gasteiger partial charge in [-0.25, -0.2) is 13.2 Å². The summed E-state index contributed by atoms with van der Waals surface area (Å²) in [6.07, 6.45) is 3.30. The maximum absolute atomic E-state index is 14.9. The van der Waals surface area contributed by atoms with Crippen molar-refractivity contribution < 1.29 is 17.4 Å². The molecule has 0 spiro atoms. The molecule has 0 amide bonds. The summed E-state index contributed by atoms with van der Waals surface area (Å²) in [6, 6.07) is 13.2. The van der Waals surface area contributed by atoms with Crippen LogP contribution in [0, 0.1) is 17.5 Å². The van der Waals surface area contributed by atoms with Crippen molar-refractivity contribution >= 4 is 33.3 Å². The van der Waals surface area contributed by atoms with Gasteiger partial charge in [-0.1, -0.05) is 41.9 Å². The number of fused-ring (bicyclic) bond motifs is 1. The highest BCUT2D eigenvalue weighted by Gasteiger charge is 2.27. The van der Waals surface area contributed by atoms with Crippen molar-refractivity contribution in [2.75, 3.05) is 6.26 Å². The first-order valence-electron chi connectivity index (χ1n) is 9.14. The van der Waals surface area contributed by atoms with Crippen LogP contribution in [0.5, 0.6) is 0 Å². The van der Waals surface area contributed by atoms with Gasteiger partial charge in [0, 0.05) is 50.7 Å². The second kappa shape index (κ2) is 8.28. The lowest BCUT2D eigenvalue weighted by atomic mass is 9.84. The summed E-state index contributed by atoms with van der Waals surface area (Å²) in [4.78, 5) is 3.16. The largest absolute Gasteiger partial charge is 0.361 e. The summed E-state index contributed by atoms with van der Waals surface area (Å²) in [5, 5.41) is 0.708. The number of benzene rings is 3. The lowest BCUT2D eigenvalue weighted by Gasteiger charge is -2.20. The zero-order valence-corrected chi connectivity index (χ0v) is 17.5. The highest BCUT2D eigenvalue weighted by atomic mass is 35.5. The third kappa shape index (κ3) is 3.89. The molecule has 3 aromatic carbocycles. The van der Waals surface area contributed by atoms with Crippen LogP contribution in [0.25, 0.3) is 10.9 Å². The fourth-order valence-electron chi connectivity index (χ4n) is 3.80. The fourth-order valence-corrected chi connectivity index (χ4v) is 4.67. The number of hydrogen-bond donors (Lipinski definition) is 1. The molecule has 154 valence electrons. The van der Waals surface area contributed by atoms with Crippen molar-refractivity contribution in [1.82, 2.24) is 4.98 Å². The lowest BCUT2D eigenvalue weighted by Crippen LogP contribution is -2.08. The Morgan fingerprint density at radius 1 is 1.03 bits per heavy atom. The fraction of sp³-hybridized carbons (Fsp3) is 0.130. The molecule has 1 aromatic heterocycles. The normalized spacial score (nSPS) is 13.5. The molecule has 30 heavy (non-hydrogen) atoms. The molecular formula is C23H17ClF3NOS. The van der Waals surface area contributed by atoms with Gasteiger partial charge in [-0.05, 0) is 41.0 Å². The van der Waals surface area contributed by atoms with Gasteiger partial charge in [0.25, 0.3) is 0 Å².